The standard InChI is InChI=1S/C16H23NO6/c1-4-15(20)22-9(2)10(3)23-16(21)12(17)7-11-5-6-13(18)14(19)8-11/h5-6,8-10,12,18-19H,4,7,17H2,1-3H3/t9-,10+,12+/m1/s1. The van der Waals surface area contributed by atoms with E-state index < -0.39 is 24.2 Å². The minimum Gasteiger partial charge on any atom is -0.504 e. The maximum absolute atomic E-state index is 12.0. The van der Waals surface area contributed by atoms with Crippen LogP contribution in [0.3, 0.4) is 0 Å². The molecule has 128 valence electrons. The monoisotopic (exact) mass is 325 g/mol. The molecule has 1 aromatic rings. The average molecular weight is 325 g/mol. The summed E-state index contributed by atoms with van der Waals surface area (Å²) in [6.07, 6.45) is -0.814. The van der Waals surface area contributed by atoms with Gasteiger partial charge in [0.25, 0.3) is 0 Å². The largest absolute Gasteiger partial charge is 0.504 e. The van der Waals surface area contributed by atoms with E-state index in [1.54, 1.807) is 26.8 Å². The van der Waals surface area contributed by atoms with Gasteiger partial charge < -0.3 is 25.4 Å². The van der Waals surface area contributed by atoms with Crippen LogP contribution in [0, 0.1) is 0 Å². The molecule has 0 aromatic heterocycles. The highest BCUT2D eigenvalue weighted by Crippen LogP contribution is 2.25. The smallest absolute Gasteiger partial charge is 0.323 e. The molecule has 7 nitrogen and oxygen atoms in total. The molecular formula is C16H23NO6. The molecule has 0 fully saturated rings. The van der Waals surface area contributed by atoms with Crippen LogP contribution in [-0.2, 0) is 25.5 Å². The van der Waals surface area contributed by atoms with Gasteiger partial charge in [0.05, 0.1) is 0 Å². The minimum atomic E-state index is -0.935. The van der Waals surface area contributed by atoms with Crippen molar-refractivity contribution in [2.24, 2.45) is 5.73 Å². The molecule has 0 spiro atoms. The minimum absolute atomic E-state index is 0.141. The van der Waals surface area contributed by atoms with E-state index in [9.17, 15) is 19.8 Å². The third-order valence-electron chi connectivity index (χ3n) is 3.37. The summed E-state index contributed by atoms with van der Waals surface area (Å²) in [5.41, 5.74) is 6.37. The van der Waals surface area contributed by atoms with E-state index in [-0.39, 0.29) is 30.3 Å². The molecule has 0 aliphatic heterocycles. The zero-order valence-electron chi connectivity index (χ0n) is 13.5. The predicted octanol–water partition coefficient (Wildman–Crippen LogP) is 1.24. The Hall–Kier alpha value is -2.28. The second-order valence-electron chi connectivity index (χ2n) is 5.32. The maximum atomic E-state index is 12.0. The van der Waals surface area contributed by atoms with E-state index in [4.69, 9.17) is 15.2 Å². The lowest BCUT2D eigenvalue weighted by atomic mass is 10.1. The summed E-state index contributed by atoms with van der Waals surface area (Å²) in [7, 11) is 0. The van der Waals surface area contributed by atoms with Crippen molar-refractivity contribution in [1.29, 1.82) is 0 Å². The lowest BCUT2D eigenvalue weighted by Gasteiger charge is -2.22. The fourth-order valence-electron chi connectivity index (χ4n) is 1.79. The Kier molecular flexibility index (Phi) is 6.84. The molecule has 0 radical (unpaired) electrons. The number of nitrogens with two attached hydrogens (primary N) is 1. The fourth-order valence-corrected chi connectivity index (χ4v) is 1.79. The molecule has 0 heterocycles. The number of hydrogen-bond acceptors (Lipinski definition) is 7. The molecule has 0 amide bonds. The van der Waals surface area contributed by atoms with Crippen molar-refractivity contribution in [3.05, 3.63) is 23.8 Å². The van der Waals surface area contributed by atoms with Crippen LogP contribution in [0.15, 0.2) is 18.2 Å². The van der Waals surface area contributed by atoms with Gasteiger partial charge in [-0.15, -0.1) is 0 Å². The Bertz CT molecular complexity index is 560. The molecule has 0 saturated heterocycles. The van der Waals surface area contributed by atoms with Crippen LogP contribution < -0.4 is 5.73 Å². The van der Waals surface area contributed by atoms with E-state index >= 15 is 0 Å². The van der Waals surface area contributed by atoms with Crippen molar-refractivity contribution in [3.8, 4) is 11.5 Å². The summed E-state index contributed by atoms with van der Waals surface area (Å²) in [6, 6.07) is 3.27. The molecule has 1 rings (SSSR count). The van der Waals surface area contributed by atoms with Crippen LogP contribution in [0.2, 0.25) is 0 Å². The number of phenolic OH excluding ortho intramolecular Hbond substituents is 2. The first-order chi connectivity index (χ1) is 10.7. The van der Waals surface area contributed by atoms with Crippen molar-refractivity contribution in [2.45, 2.75) is 51.9 Å². The number of ether oxygens (including phenoxy) is 2. The van der Waals surface area contributed by atoms with Gasteiger partial charge in [-0.3, -0.25) is 9.59 Å². The topological polar surface area (TPSA) is 119 Å². The van der Waals surface area contributed by atoms with Gasteiger partial charge in [0.2, 0.25) is 0 Å². The zero-order chi connectivity index (χ0) is 17.6. The number of phenols is 2. The molecule has 7 heteroatoms. The predicted molar refractivity (Wildman–Crippen MR) is 82.9 cm³/mol. The Labute approximate surface area is 135 Å². The summed E-state index contributed by atoms with van der Waals surface area (Å²) in [5.74, 6) is -1.53. The van der Waals surface area contributed by atoms with Crippen LogP contribution in [0.25, 0.3) is 0 Å². The van der Waals surface area contributed by atoms with E-state index in [0.717, 1.165) is 0 Å². The molecule has 0 aliphatic rings. The maximum Gasteiger partial charge on any atom is 0.323 e. The van der Waals surface area contributed by atoms with Gasteiger partial charge >= 0.3 is 11.9 Å². The lowest BCUT2D eigenvalue weighted by Crippen LogP contribution is -2.39. The van der Waals surface area contributed by atoms with Crippen LogP contribution >= 0.6 is 0 Å². The highest BCUT2D eigenvalue weighted by molar-refractivity contribution is 5.76. The summed E-state index contributed by atoms with van der Waals surface area (Å²) in [4.78, 5) is 23.2. The van der Waals surface area contributed by atoms with E-state index in [1.807, 2.05) is 0 Å². The molecule has 0 aliphatic carbocycles. The second-order valence-corrected chi connectivity index (χ2v) is 5.32. The Morgan fingerprint density at radius 2 is 1.74 bits per heavy atom. The van der Waals surface area contributed by atoms with Crippen molar-refractivity contribution in [1.82, 2.24) is 0 Å². The van der Waals surface area contributed by atoms with Gasteiger partial charge in [-0.2, -0.15) is 0 Å². The molecule has 4 N–H and O–H groups in total. The zero-order valence-corrected chi connectivity index (χ0v) is 13.5. The third kappa shape index (κ3) is 5.78. The average Bonchev–Trinajstić information content (AvgIpc) is 2.50. The van der Waals surface area contributed by atoms with Crippen LogP contribution in [-0.4, -0.2) is 40.4 Å². The molecular weight excluding hydrogens is 302 g/mol. The lowest BCUT2D eigenvalue weighted by molar-refractivity contribution is -0.166. The normalized spacial score (nSPS) is 14.6. The van der Waals surface area contributed by atoms with Gasteiger partial charge in [-0.1, -0.05) is 13.0 Å². The summed E-state index contributed by atoms with van der Waals surface area (Å²) in [6.45, 7) is 4.92. The third-order valence-corrected chi connectivity index (χ3v) is 3.37. The quantitative estimate of drug-likeness (QED) is 0.509. The SMILES string of the molecule is CCC(=O)O[C@H](C)[C@H](C)OC(=O)[C@@H](N)Cc1ccc(O)c(O)c1. The Balaban J connectivity index is 2.55. The Morgan fingerprint density at radius 3 is 2.30 bits per heavy atom. The number of carbonyl (C=O) groups is 2. The van der Waals surface area contributed by atoms with Gasteiger partial charge in [0, 0.05) is 6.42 Å². The highest BCUT2D eigenvalue weighted by Gasteiger charge is 2.24. The molecule has 23 heavy (non-hydrogen) atoms. The fraction of sp³-hybridized carbons (Fsp3) is 0.500. The Morgan fingerprint density at radius 1 is 1.13 bits per heavy atom. The molecule has 1 aromatic carbocycles. The first-order valence-electron chi connectivity index (χ1n) is 7.41. The number of hydrogen-bond donors (Lipinski definition) is 3. The number of rotatable bonds is 7. The molecule has 0 bridgehead atoms. The van der Waals surface area contributed by atoms with Crippen molar-refractivity contribution in [2.75, 3.05) is 0 Å². The summed E-state index contributed by atoms with van der Waals surface area (Å²) in [5, 5.41) is 18.7. The van der Waals surface area contributed by atoms with Gasteiger partial charge in [0.1, 0.15) is 18.2 Å². The molecule has 0 saturated carbocycles. The van der Waals surface area contributed by atoms with Crippen LogP contribution in [0.1, 0.15) is 32.8 Å². The summed E-state index contributed by atoms with van der Waals surface area (Å²) >= 11 is 0. The van der Waals surface area contributed by atoms with Crippen molar-refractivity contribution >= 4 is 11.9 Å². The van der Waals surface area contributed by atoms with Gasteiger partial charge in [-0.05, 0) is 38.0 Å². The first-order valence-corrected chi connectivity index (χ1v) is 7.41. The van der Waals surface area contributed by atoms with Crippen LogP contribution in [0.4, 0.5) is 0 Å². The van der Waals surface area contributed by atoms with E-state index in [2.05, 4.69) is 0 Å². The highest BCUT2D eigenvalue weighted by atomic mass is 16.6. The molecule has 3 atom stereocenters. The number of carbonyl (C=O) groups excluding carboxylic acids is 2. The van der Waals surface area contributed by atoms with E-state index in [1.165, 1.54) is 12.1 Å². The van der Waals surface area contributed by atoms with Gasteiger partial charge in [0.15, 0.2) is 11.5 Å². The first kappa shape index (κ1) is 18.8. The summed E-state index contributed by atoms with van der Waals surface area (Å²) < 4.78 is 10.3. The van der Waals surface area contributed by atoms with Gasteiger partial charge in [-0.25, -0.2) is 0 Å². The second kappa shape index (κ2) is 8.38. The van der Waals surface area contributed by atoms with Crippen LogP contribution in [0.5, 0.6) is 11.5 Å². The van der Waals surface area contributed by atoms with E-state index in [0.29, 0.717) is 5.56 Å². The number of benzene rings is 1. The number of esters is 2. The van der Waals surface area contributed by atoms with Crippen molar-refractivity contribution in [3.63, 3.8) is 0 Å². The molecule has 0 unspecified atom stereocenters. The van der Waals surface area contributed by atoms with Crippen molar-refractivity contribution < 1.29 is 29.3 Å². The number of aromatic hydroxyl groups is 2.